The second kappa shape index (κ2) is 15.3. The van der Waals surface area contributed by atoms with Crippen LogP contribution in [0.5, 0.6) is 5.75 Å². The first kappa shape index (κ1) is 31.8. The summed E-state index contributed by atoms with van der Waals surface area (Å²) in [6, 6.07) is 24.5. The van der Waals surface area contributed by atoms with Crippen molar-refractivity contribution in [2.24, 2.45) is 0 Å². The topological polar surface area (TPSA) is 96.0 Å². The minimum atomic E-state index is -3.67. The molecule has 0 heterocycles. The molecule has 0 saturated carbocycles. The smallest absolute Gasteiger partial charge is 0.243 e. The maximum atomic E-state index is 13.8. The van der Waals surface area contributed by atoms with Crippen LogP contribution in [0.1, 0.15) is 44.2 Å². The molecule has 220 valence electrons. The van der Waals surface area contributed by atoms with Gasteiger partial charge in [0.15, 0.2) is 0 Å². The third-order valence-corrected chi connectivity index (χ3v) is 8.95. The van der Waals surface area contributed by atoms with Crippen LogP contribution in [-0.4, -0.2) is 62.2 Å². The van der Waals surface area contributed by atoms with Gasteiger partial charge in [-0.15, -0.1) is 0 Å². The first-order chi connectivity index (χ1) is 19.6. The Bertz CT molecular complexity index is 1370. The molecule has 3 rings (SSSR count). The van der Waals surface area contributed by atoms with Gasteiger partial charge in [0.25, 0.3) is 0 Å². The zero-order chi connectivity index (χ0) is 29.8. The Kier molecular flexibility index (Phi) is 11.9. The van der Waals surface area contributed by atoms with Gasteiger partial charge in [-0.1, -0.05) is 67.6 Å². The van der Waals surface area contributed by atoms with Gasteiger partial charge >= 0.3 is 0 Å². The third kappa shape index (κ3) is 9.16. The lowest BCUT2D eigenvalue weighted by Crippen LogP contribution is -2.52. The zero-order valence-electron chi connectivity index (χ0n) is 24.3. The molecule has 2 atom stereocenters. The number of benzene rings is 3. The van der Waals surface area contributed by atoms with Gasteiger partial charge in [0, 0.05) is 39.0 Å². The summed E-state index contributed by atoms with van der Waals surface area (Å²) in [5, 5.41) is 3.06. The Hall–Kier alpha value is -3.69. The SMILES string of the molecule is CC[C@H](C)NC(=O)[C@H](Cc1ccccc1)N(Cc1cccc(OC)c1)C(=O)CCCN(C)S(=O)(=O)c1ccccc1. The van der Waals surface area contributed by atoms with Crippen molar-refractivity contribution >= 4 is 21.8 Å². The number of rotatable bonds is 15. The molecule has 0 aliphatic rings. The Morgan fingerprint density at radius 2 is 1.56 bits per heavy atom. The van der Waals surface area contributed by atoms with Crippen LogP contribution in [0, 0.1) is 0 Å². The van der Waals surface area contributed by atoms with Crippen LogP contribution < -0.4 is 10.1 Å². The number of methoxy groups -OCH3 is 1. The minimum Gasteiger partial charge on any atom is -0.497 e. The number of hydrogen-bond donors (Lipinski definition) is 1. The van der Waals surface area contributed by atoms with Gasteiger partial charge < -0.3 is 15.0 Å². The molecule has 9 heteroatoms. The largest absolute Gasteiger partial charge is 0.497 e. The molecular weight excluding hydrogens is 538 g/mol. The van der Waals surface area contributed by atoms with E-state index in [9.17, 15) is 18.0 Å². The van der Waals surface area contributed by atoms with E-state index in [4.69, 9.17) is 4.74 Å². The molecule has 2 amide bonds. The summed E-state index contributed by atoms with van der Waals surface area (Å²) in [5.74, 6) is 0.216. The molecule has 0 saturated heterocycles. The van der Waals surface area contributed by atoms with Crippen molar-refractivity contribution in [2.75, 3.05) is 20.7 Å². The van der Waals surface area contributed by atoms with Crippen molar-refractivity contribution in [3.05, 3.63) is 96.1 Å². The molecule has 0 spiro atoms. The van der Waals surface area contributed by atoms with Gasteiger partial charge in [0.1, 0.15) is 11.8 Å². The summed E-state index contributed by atoms with van der Waals surface area (Å²) < 4.78 is 32.5. The normalized spacial score (nSPS) is 12.9. The highest BCUT2D eigenvalue weighted by atomic mass is 32.2. The molecule has 0 radical (unpaired) electrons. The van der Waals surface area contributed by atoms with Crippen LogP contribution in [0.3, 0.4) is 0 Å². The Morgan fingerprint density at radius 1 is 0.927 bits per heavy atom. The molecule has 0 aliphatic heterocycles. The van der Waals surface area contributed by atoms with Crippen LogP contribution >= 0.6 is 0 Å². The number of carbonyl (C=O) groups is 2. The van der Waals surface area contributed by atoms with E-state index in [1.807, 2.05) is 68.4 Å². The average Bonchev–Trinajstić information content (AvgIpc) is 2.99. The number of carbonyl (C=O) groups excluding carboxylic acids is 2. The highest BCUT2D eigenvalue weighted by molar-refractivity contribution is 7.89. The number of nitrogens with one attached hydrogen (secondary N) is 1. The van der Waals surface area contributed by atoms with E-state index in [0.717, 1.165) is 17.5 Å². The second-order valence-corrected chi connectivity index (χ2v) is 12.2. The Morgan fingerprint density at radius 3 is 2.20 bits per heavy atom. The summed E-state index contributed by atoms with van der Waals surface area (Å²) in [4.78, 5) is 29.3. The second-order valence-electron chi connectivity index (χ2n) is 10.1. The molecule has 8 nitrogen and oxygen atoms in total. The summed E-state index contributed by atoms with van der Waals surface area (Å²) in [5.41, 5.74) is 1.77. The molecule has 0 unspecified atom stereocenters. The predicted molar refractivity (Wildman–Crippen MR) is 161 cm³/mol. The molecule has 3 aromatic rings. The van der Waals surface area contributed by atoms with Gasteiger partial charge in [0.2, 0.25) is 21.8 Å². The zero-order valence-corrected chi connectivity index (χ0v) is 25.1. The lowest BCUT2D eigenvalue weighted by molar-refractivity contribution is -0.141. The van der Waals surface area contributed by atoms with E-state index in [0.29, 0.717) is 18.6 Å². The van der Waals surface area contributed by atoms with Crippen LogP contribution in [0.2, 0.25) is 0 Å². The van der Waals surface area contributed by atoms with Crippen LogP contribution in [0.4, 0.5) is 0 Å². The summed E-state index contributed by atoms with van der Waals surface area (Å²) in [6.45, 7) is 4.31. The number of amides is 2. The number of hydrogen-bond acceptors (Lipinski definition) is 5. The van der Waals surface area contributed by atoms with Gasteiger partial charge in [0.05, 0.1) is 12.0 Å². The van der Waals surface area contributed by atoms with E-state index >= 15 is 0 Å². The summed E-state index contributed by atoms with van der Waals surface area (Å²) in [6.07, 6.45) is 1.50. The van der Waals surface area contributed by atoms with Crippen LogP contribution in [0.15, 0.2) is 89.8 Å². The molecule has 0 aromatic heterocycles. The lowest BCUT2D eigenvalue weighted by Gasteiger charge is -2.32. The van der Waals surface area contributed by atoms with Crippen molar-refractivity contribution in [2.45, 2.75) is 63.1 Å². The quantitative estimate of drug-likeness (QED) is 0.283. The first-order valence-corrected chi connectivity index (χ1v) is 15.4. The standard InChI is InChI=1S/C32H41N3O5S/c1-5-25(2)33-32(37)30(23-26-14-8-6-9-15-26)35(24-27-16-12-17-28(22-27)40-4)31(36)20-13-21-34(3)41(38,39)29-18-10-7-11-19-29/h6-12,14-19,22,25,30H,5,13,20-21,23-24H2,1-4H3,(H,33,37)/t25-,30-/m0/s1. The molecule has 41 heavy (non-hydrogen) atoms. The van der Waals surface area contributed by atoms with E-state index in [1.54, 1.807) is 42.3 Å². The van der Waals surface area contributed by atoms with Crippen LogP contribution in [0.25, 0.3) is 0 Å². The van der Waals surface area contributed by atoms with Gasteiger partial charge in [-0.3, -0.25) is 9.59 Å². The highest BCUT2D eigenvalue weighted by Crippen LogP contribution is 2.20. The van der Waals surface area contributed by atoms with Gasteiger partial charge in [-0.05, 0) is 55.2 Å². The average molecular weight is 580 g/mol. The van der Waals surface area contributed by atoms with E-state index in [-0.39, 0.29) is 42.3 Å². The fourth-order valence-electron chi connectivity index (χ4n) is 4.45. The van der Waals surface area contributed by atoms with Crippen molar-refractivity contribution in [3.63, 3.8) is 0 Å². The number of ether oxygens (including phenoxy) is 1. The van der Waals surface area contributed by atoms with Crippen LogP contribution in [-0.2, 0) is 32.6 Å². The monoisotopic (exact) mass is 579 g/mol. The highest BCUT2D eigenvalue weighted by Gasteiger charge is 2.31. The fraction of sp³-hybridized carbons (Fsp3) is 0.375. The molecule has 3 aromatic carbocycles. The molecular formula is C32H41N3O5S. The minimum absolute atomic E-state index is 0.0496. The van der Waals surface area contributed by atoms with Crippen molar-refractivity contribution in [1.29, 1.82) is 0 Å². The fourth-order valence-corrected chi connectivity index (χ4v) is 5.68. The van der Waals surface area contributed by atoms with Gasteiger partial charge in [-0.25, -0.2) is 12.7 Å². The molecule has 0 fully saturated rings. The van der Waals surface area contributed by atoms with Crippen molar-refractivity contribution in [1.82, 2.24) is 14.5 Å². The predicted octanol–water partition coefficient (Wildman–Crippen LogP) is 4.65. The molecule has 0 bridgehead atoms. The summed E-state index contributed by atoms with van der Waals surface area (Å²) in [7, 11) is -0.574. The maximum absolute atomic E-state index is 13.8. The Balaban J connectivity index is 1.85. The Labute approximate surface area is 244 Å². The maximum Gasteiger partial charge on any atom is 0.243 e. The first-order valence-electron chi connectivity index (χ1n) is 13.9. The lowest BCUT2D eigenvalue weighted by atomic mass is 10.0. The van der Waals surface area contributed by atoms with E-state index in [1.165, 1.54) is 11.4 Å². The molecule has 0 aliphatic carbocycles. The van der Waals surface area contributed by atoms with Crippen molar-refractivity contribution < 1.29 is 22.7 Å². The number of sulfonamides is 1. The van der Waals surface area contributed by atoms with Crippen molar-refractivity contribution in [3.8, 4) is 5.75 Å². The van der Waals surface area contributed by atoms with E-state index in [2.05, 4.69) is 5.32 Å². The number of nitrogens with zero attached hydrogens (tertiary/aromatic N) is 2. The summed E-state index contributed by atoms with van der Waals surface area (Å²) >= 11 is 0. The van der Waals surface area contributed by atoms with E-state index < -0.39 is 16.1 Å². The van der Waals surface area contributed by atoms with Gasteiger partial charge in [-0.2, -0.15) is 0 Å². The molecule has 1 N–H and O–H groups in total. The third-order valence-electron chi connectivity index (χ3n) is 7.07.